The zero-order valence-electron chi connectivity index (χ0n) is 11.6. The summed E-state index contributed by atoms with van der Waals surface area (Å²) in [4.78, 5) is 0. The van der Waals surface area contributed by atoms with E-state index in [0.29, 0.717) is 17.4 Å². The van der Waals surface area contributed by atoms with Crippen LogP contribution in [0.5, 0.6) is 0 Å². The molecule has 20 heavy (non-hydrogen) atoms. The molecule has 0 bridgehead atoms. The highest BCUT2D eigenvalue weighted by molar-refractivity contribution is 5.84. The molecule has 0 N–H and O–H groups in total. The first-order chi connectivity index (χ1) is 9.47. The lowest BCUT2D eigenvalue weighted by molar-refractivity contribution is -0.231. The van der Waals surface area contributed by atoms with Crippen molar-refractivity contribution in [3.8, 4) is 0 Å². The molecule has 0 spiro atoms. The van der Waals surface area contributed by atoms with Gasteiger partial charge in [-0.2, -0.15) is 8.78 Å². The third-order valence-corrected chi connectivity index (χ3v) is 3.40. The van der Waals surface area contributed by atoms with Gasteiger partial charge in [0.05, 0.1) is 5.56 Å². The Kier molecular flexibility index (Phi) is 4.33. The van der Waals surface area contributed by atoms with E-state index in [4.69, 9.17) is 0 Å². The van der Waals surface area contributed by atoms with Crippen LogP contribution in [0.3, 0.4) is 0 Å². The van der Waals surface area contributed by atoms with Gasteiger partial charge >= 0.3 is 6.11 Å². The van der Waals surface area contributed by atoms with Crippen LogP contribution in [0.15, 0.2) is 30.3 Å². The molecule has 0 atom stereocenters. The Morgan fingerprint density at radius 2 is 1.85 bits per heavy atom. The number of benzene rings is 2. The summed E-state index contributed by atoms with van der Waals surface area (Å²) in [5, 5.41) is 1.21. The van der Waals surface area contributed by atoms with Gasteiger partial charge in [-0.3, -0.25) is 0 Å². The van der Waals surface area contributed by atoms with E-state index in [-0.39, 0.29) is 11.4 Å². The molecule has 2 rings (SSSR count). The minimum atomic E-state index is -3.36. The molecule has 0 aliphatic carbocycles. The van der Waals surface area contributed by atoms with E-state index < -0.39 is 6.11 Å². The fourth-order valence-corrected chi connectivity index (χ4v) is 2.17. The van der Waals surface area contributed by atoms with Crippen molar-refractivity contribution in [2.45, 2.75) is 32.3 Å². The molecular weight excluding hydrogens is 265 g/mol. The number of methoxy groups -OCH3 is 1. The maximum atomic E-state index is 13.9. The summed E-state index contributed by atoms with van der Waals surface area (Å²) in [7, 11) is 0.943. The van der Waals surface area contributed by atoms with Crippen molar-refractivity contribution in [1.29, 1.82) is 0 Å². The smallest absolute Gasteiger partial charge is 0.320 e. The van der Waals surface area contributed by atoms with Crippen LogP contribution in [0, 0.1) is 5.82 Å². The summed E-state index contributed by atoms with van der Waals surface area (Å²) < 4.78 is 45.0. The van der Waals surface area contributed by atoms with Crippen molar-refractivity contribution < 1.29 is 17.9 Å². The number of unbranched alkanes of at least 4 members (excludes halogenated alkanes) is 1. The first kappa shape index (κ1) is 14.9. The van der Waals surface area contributed by atoms with E-state index in [2.05, 4.69) is 4.74 Å². The van der Waals surface area contributed by atoms with Crippen molar-refractivity contribution in [2.24, 2.45) is 0 Å². The molecule has 2 aromatic carbocycles. The summed E-state index contributed by atoms with van der Waals surface area (Å²) >= 11 is 0. The molecule has 0 saturated carbocycles. The monoisotopic (exact) mass is 282 g/mol. The van der Waals surface area contributed by atoms with Gasteiger partial charge in [0.15, 0.2) is 0 Å². The van der Waals surface area contributed by atoms with Gasteiger partial charge in [0.25, 0.3) is 0 Å². The van der Waals surface area contributed by atoms with E-state index in [1.165, 1.54) is 18.2 Å². The van der Waals surface area contributed by atoms with Crippen LogP contribution in [-0.2, 0) is 17.3 Å². The van der Waals surface area contributed by atoms with Crippen LogP contribution < -0.4 is 0 Å². The topological polar surface area (TPSA) is 9.23 Å². The third-order valence-electron chi connectivity index (χ3n) is 3.40. The molecule has 0 amide bonds. The Labute approximate surface area is 116 Å². The highest BCUT2D eigenvalue weighted by Crippen LogP contribution is 2.31. The van der Waals surface area contributed by atoms with E-state index in [1.54, 1.807) is 12.1 Å². The van der Waals surface area contributed by atoms with E-state index in [9.17, 15) is 13.2 Å². The van der Waals surface area contributed by atoms with Crippen LogP contribution in [-0.4, -0.2) is 7.11 Å². The fraction of sp³-hybridized carbons (Fsp3) is 0.375. The Balaban J connectivity index is 2.45. The fourth-order valence-electron chi connectivity index (χ4n) is 2.17. The number of hydrogen-bond donors (Lipinski definition) is 0. The molecular formula is C16H17F3O. The first-order valence-electron chi connectivity index (χ1n) is 6.63. The van der Waals surface area contributed by atoms with Crippen LogP contribution in [0.1, 0.15) is 30.9 Å². The predicted octanol–water partition coefficient (Wildman–Crippen LogP) is 5.02. The van der Waals surface area contributed by atoms with Crippen molar-refractivity contribution in [3.63, 3.8) is 0 Å². The number of ether oxygens (including phenoxy) is 1. The molecule has 0 unspecified atom stereocenters. The maximum absolute atomic E-state index is 13.9. The van der Waals surface area contributed by atoms with Crippen molar-refractivity contribution in [1.82, 2.24) is 0 Å². The Morgan fingerprint density at radius 1 is 1.10 bits per heavy atom. The van der Waals surface area contributed by atoms with Crippen LogP contribution >= 0.6 is 0 Å². The molecule has 0 saturated heterocycles. The molecule has 2 aromatic rings. The Morgan fingerprint density at radius 3 is 2.50 bits per heavy atom. The van der Waals surface area contributed by atoms with E-state index >= 15 is 0 Å². The van der Waals surface area contributed by atoms with Crippen LogP contribution in [0.4, 0.5) is 13.2 Å². The van der Waals surface area contributed by atoms with E-state index in [1.807, 2.05) is 6.92 Å². The number of aryl methyl sites for hydroxylation is 1. The Hall–Kier alpha value is -1.55. The van der Waals surface area contributed by atoms with Gasteiger partial charge in [0, 0.05) is 7.11 Å². The summed E-state index contributed by atoms with van der Waals surface area (Å²) in [6.07, 6.45) is -0.807. The van der Waals surface area contributed by atoms with Gasteiger partial charge in [-0.15, -0.1) is 0 Å². The van der Waals surface area contributed by atoms with Gasteiger partial charge in [0.2, 0.25) is 0 Å². The minimum absolute atomic E-state index is 0.270. The molecule has 0 aliphatic heterocycles. The molecule has 0 aliphatic rings. The highest BCUT2D eigenvalue weighted by atomic mass is 19.3. The minimum Gasteiger partial charge on any atom is -0.320 e. The van der Waals surface area contributed by atoms with Crippen LogP contribution in [0.2, 0.25) is 0 Å². The zero-order chi connectivity index (χ0) is 14.8. The van der Waals surface area contributed by atoms with Gasteiger partial charge in [0.1, 0.15) is 5.82 Å². The average molecular weight is 282 g/mol. The predicted molar refractivity (Wildman–Crippen MR) is 73.4 cm³/mol. The number of fused-ring (bicyclic) bond motifs is 1. The standard InChI is InChI=1S/C16H17F3O/c1-3-4-5-12-8-11-6-7-14(16(18,19)20-2)9-13(11)10-15(12)17/h6-10H,3-5H2,1-2H3. The van der Waals surface area contributed by atoms with Gasteiger partial charge < -0.3 is 4.74 Å². The second-order valence-corrected chi connectivity index (χ2v) is 4.83. The molecule has 0 fully saturated rings. The van der Waals surface area contributed by atoms with Gasteiger partial charge in [-0.05, 0) is 53.4 Å². The lowest BCUT2D eigenvalue weighted by Gasteiger charge is -2.15. The zero-order valence-corrected chi connectivity index (χ0v) is 11.6. The summed E-state index contributed by atoms with van der Waals surface area (Å²) in [5.74, 6) is -0.344. The normalized spacial score (nSPS) is 12.1. The summed E-state index contributed by atoms with van der Waals surface area (Å²) in [5.41, 5.74) is 0.360. The molecule has 0 aromatic heterocycles. The van der Waals surface area contributed by atoms with Crippen LogP contribution in [0.25, 0.3) is 10.8 Å². The molecule has 0 heterocycles. The summed E-state index contributed by atoms with van der Waals surface area (Å²) in [6.45, 7) is 2.04. The number of rotatable bonds is 5. The lowest BCUT2D eigenvalue weighted by atomic mass is 10.0. The molecule has 108 valence electrons. The first-order valence-corrected chi connectivity index (χ1v) is 6.63. The third kappa shape index (κ3) is 2.96. The highest BCUT2D eigenvalue weighted by Gasteiger charge is 2.31. The number of alkyl halides is 2. The second kappa shape index (κ2) is 5.83. The van der Waals surface area contributed by atoms with E-state index in [0.717, 1.165) is 25.3 Å². The Bertz CT molecular complexity index is 608. The SMILES string of the molecule is CCCCc1cc2ccc(C(F)(F)OC)cc2cc1F. The van der Waals surface area contributed by atoms with Crippen molar-refractivity contribution >= 4 is 10.8 Å². The lowest BCUT2D eigenvalue weighted by Crippen LogP contribution is -2.15. The number of hydrogen-bond acceptors (Lipinski definition) is 1. The average Bonchev–Trinajstić information content (AvgIpc) is 2.44. The molecule has 4 heteroatoms. The second-order valence-electron chi connectivity index (χ2n) is 4.83. The maximum Gasteiger partial charge on any atom is 0.383 e. The van der Waals surface area contributed by atoms with Gasteiger partial charge in [-0.25, -0.2) is 4.39 Å². The quantitative estimate of drug-likeness (QED) is 0.748. The van der Waals surface area contributed by atoms with Gasteiger partial charge in [-0.1, -0.05) is 19.4 Å². The summed E-state index contributed by atoms with van der Waals surface area (Å²) in [6, 6.07) is 7.20. The van der Waals surface area contributed by atoms with Crippen molar-refractivity contribution in [2.75, 3.05) is 7.11 Å². The molecule has 1 nitrogen and oxygen atoms in total. The number of halogens is 3. The molecule has 0 radical (unpaired) electrons. The van der Waals surface area contributed by atoms with Crippen molar-refractivity contribution in [3.05, 3.63) is 47.3 Å². The largest absolute Gasteiger partial charge is 0.383 e.